The Morgan fingerprint density at radius 2 is 1.94 bits per heavy atom. The summed E-state index contributed by atoms with van der Waals surface area (Å²) in [6.45, 7) is 0. The molecule has 166 valence electrons. The minimum absolute atomic E-state index is 0.138. The second-order valence-corrected chi connectivity index (χ2v) is 8.20. The van der Waals surface area contributed by atoms with Crippen LogP contribution in [0.5, 0.6) is 0 Å². The molecule has 3 N–H and O–H groups in total. The number of benzene rings is 1. The quantitative estimate of drug-likeness (QED) is 0.538. The van der Waals surface area contributed by atoms with E-state index in [1.54, 1.807) is 22.8 Å². The molecule has 0 amide bonds. The summed E-state index contributed by atoms with van der Waals surface area (Å²) in [6, 6.07) is 6.59. The first-order chi connectivity index (χ1) is 15.6. The van der Waals surface area contributed by atoms with Crippen LogP contribution < -0.4 is 5.32 Å². The van der Waals surface area contributed by atoms with Gasteiger partial charge in [-0.2, -0.15) is 0 Å². The maximum absolute atomic E-state index is 13.7. The highest BCUT2D eigenvalue weighted by molar-refractivity contribution is 5.82. The van der Waals surface area contributed by atoms with E-state index in [0.717, 1.165) is 12.8 Å². The Labute approximate surface area is 184 Å². The Bertz CT molecular complexity index is 1170. The van der Waals surface area contributed by atoms with E-state index in [9.17, 15) is 14.6 Å². The van der Waals surface area contributed by atoms with Crippen molar-refractivity contribution in [1.82, 2.24) is 19.5 Å². The minimum atomic E-state index is -1.19. The Kier molecular flexibility index (Phi) is 5.74. The molecule has 5 rings (SSSR count). The molecule has 1 saturated carbocycles. The number of ether oxygens (including phenoxy) is 1. The average molecular weight is 437 g/mol. The summed E-state index contributed by atoms with van der Waals surface area (Å²) in [5, 5.41) is 24.6. The molecule has 3 heterocycles. The Hall–Kier alpha value is -3.06. The van der Waals surface area contributed by atoms with Crippen molar-refractivity contribution in [1.29, 1.82) is 0 Å². The minimum Gasteiger partial charge on any atom is -0.387 e. The van der Waals surface area contributed by atoms with Crippen molar-refractivity contribution in [2.45, 2.75) is 62.7 Å². The average Bonchev–Trinajstić information content (AvgIpc) is 3.52. The first kappa shape index (κ1) is 20.8. The summed E-state index contributed by atoms with van der Waals surface area (Å²) in [4.78, 5) is 13.1. The van der Waals surface area contributed by atoms with Crippen molar-refractivity contribution in [2.75, 3.05) is 5.32 Å². The third kappa shape index (κ3) is 3.93. The number of aliphatic hydroxyl groups is 2. The third-order valence-corrected chi connectivity index (χ3v) is 6.07. The lowest BCUT2D eigenvalue weighted by Gasteiger charge is -2.17. The van der Waals surface area contributed by atoms with E-state index in [-0.39, 0.29) is 12.0 Å². The highest BCUT2D eigenvalue weighted by atomic mass is 19.1. The maximum atomic E-state index is 13.7. The lowest BCUT2D eigenvalue weighted by Crippen LogP contribution is -2.31. The number of fused-ring (bicyclic) bond motifs is 1. The molecule has 0 bridgehead atoms. The van der Waals surface area contributed by atoms with Crippen molar-refractivity contribution >= 4 is 17.0 Å². The fourth-order valence-corrected chi connectivity index (χ4v) is 4.34. The van der Waals surface area contributed by atoms with Crippen LogP contribution in [0.3, 0.4) is 0 Å². The Balaban J connectivity index is 1.34. The van der Waals surface area contributed by atoms with E-state index in [4.69, 9.17) is 4.74 Å². The molecule has 2 aliphatic rings. The molecule has 1 saturated heterocycles. The zero-order valence-electron chi connectivity index (χ0n) is 17.4. The summed E-state index contributed by atoms with van der Waals surface area (Å²) in [6.07, 6.45) is 3.77. The van der Waals surface area contributed by atoms with Crippen LogP contribution >= 0.6 is 0 Å². The summed E-state index contributed by atoms with van der Waals surface area (Å²) in [7, 11) is 0. The molecule has 1 aromatic carbocycles. The van der Waals surface area contributed by atoms with Crippen molar-refractivity contribution in [2.24, 2.45) is 0 Å². The van der Waals surface area contributed by atoms with Crippen molar-refractivity contribution in [3.63, 3.8) is 0 Å². The van der Waals surface area contributed by atoms with Gasteiger partial charge in [-0.05, 0) is 25.0 Å². The maximum Gasteiger partial charge on any atom is 0.167 e. The van der Waals surface area contributed by atoms with Gasteiger partial charge in [-0.1, -0.05) is 36.8 Å². The largest absolute Gasteiger partial charge is 0.387 e. The van der Waals surface area contributed by atoms with Gasteiger partial charge in [-0.25, -0.2) is 19.3 Å². The molecular formula is C23H24FN5O3. The van der Waals surface area contributed by atoms with Crippen molar-refractivity contribution < 1.29 is 19.3 Å². The van der Waals surface area contributed by atoms with E-state index in [0.29, 0.717) is 23.0 Å². The van der Waals surface area contributed by atoms with Gasteiger partial charge < -0.3 is 20.3 Å². The lowest BCUT2D eigenvalue weighted by molar-refractivity contribution is -0.0332. The molecule has 32 heavy (non-hydrogen) atoms. The van der Waals surface area contributed by atoms with Crippen LogP contribution in [-0.4, -0.2) is 54.1 Å². The zero-order valence-corrected chi connectivity index (χ0v) is 17.4. The molecule has 1 aliphatic carbocycles. The molecular weight excluding hydrogens is 413 g/mol. The number of nitrogens with one attached hydrogen (secondary N) is 1. The van der Waals surface area contributed by atoms with E-state index in [2.05, 4.69) is 32.1 Å². The van der Waals surface area contributed by atoms with Gasteiger partial charge in [0.05, 0.1) is 18.0 Å². The number of nitrogens with zero attached hydrogens (tertiary/aromatic N) is 4. The normalized spacial score (nSPS) is 25.7. The van der Waals surface area contributed by atoms with Crippen molar-refractivity contribution in [3.05, 3.63) is 48.3 Å². The number of aliphatic hydroxyl groups excluding tert-OH is 2. The molecule has 1 unspecified atom stereocenters. The predicted octanol–water partition coefficient (Wildman–Crippen LogP) is 2.38. The molecule has 0 spiro atoms. The monoisotopic (exact) mass is 437 g/mol. The van der Waals surface area contributed by atoms with Crippen LogP contribution in [0.1, 0.15) is 43.9 Å². The van der Waals surface area contributed by atoms with Crippen LogP contribution in [0.2, 0.25) is 0 Å². The van der Waals surface area contributed by atoms with Gasteiger partial charge >= 0.3 is 0 Å². The van der Waals surface area contributed by atoms with Crippen LogP contribution in [0.4, 0.5) is 10.2 Å². The molecule has 0 radical (unpaired) electrons. The molecule has 9 heteroatoms. The number of aromatic nitrogens is 4. The Morgan fingerprint density at radius 3 is 2.75 bits per heavy atom. The number of anilines is 1. The Morgan fingerprint density at radius 1 is 1.12 bits per heavy atom. The highest BCUT2D eigenvalue weighted by Gasteiger charge is 2.44. The number of hydrogen-bond donors (Lipinski definition) is 3. The van der Waals surface area contributed by atoms with Crippen LogP contribution in [0, 0.1) is 17.7 Å². The zero-order chi connectivity index (χ0) is 22.1. The van der Waals surface area contributed by atoms with Gasteiger partial charge in [0.25, 0.3) is 0 Å². The summed E-state index contributed by atoms with van der Waals surface area (Å²) in [5.74, 6) is 5.84. The first-order valence-corrected chi connectivity index (χ1v) is 10.8. The van der Waals surface area contributed by atoms with E-state index in [1.165, 1.54) is 31.6 Å². The standard InChI is InChI=1S/C23H24FN5O3/c24-16-10-4-1-6-14(16)7-5-11-17-19(30)20(31)23(32-17)29-13-27-18-21(25-12-26-22(18)29)28-15-8-2-3-9-15/h1,4,6,10,12-13,15,17,19-20,23,30-31H,2-3,8-9,11H2,(H,25,26,28)/t17-,19+,20?,23-/m1/s1. The van der Waals surface area contributed by atoms with Gasteiger partial charge in [0, 0.05) is 12.5 Å². The number of rotatable bonds is 4. The second-order valence-electron chi connectivity index (χ2n) is 8.20. The van der Waals surface area contributed by atoms with Crippen molar-refractivity contribution in [3.8, 4) is 11.8 Å². The van der Waals surface area contributed by atoms with Crippen LogP contribution in [0.25, 0.3) is 11.2 Å². The molecule has 4 atom stereocenters. The highest BCUT2D eigenvalue weighted by Crippen LogP contribution is 2.33. The topological polar surface area (TPSA) is 105 Å². The second kappa shape index (κ2) is 8.82. The van der Waals surface area contributed by atoms with Gasteiger partial charge in [0.15, 0.2) is 23.2 Å². The summed E-state index contributed by atoms with van der Waals surface area (Å²) < 4.78 is 21.3. The van der Waals surface area contributed by atoms with E-state index in [1.807, 2.05) is 0 Å². The van der Waals surface area contributed by atoms with Crippen LogP contribution in [0.15, 0.2) is 36.9 Å². The molecule has 2 fully saturated rings. The summed E-state index contributed by atoms with van der Waals surface area (Å²) in [5.41, 5.74) is 1.37. The third-order valence-electron chi connectivity index (χ3n) is 6.07. The van der Waals surface area contributed by atoms with Gasteiger partial charge in [-0.3, -0.25) is 4.57 Å². The molecule has 1 aliphatic heterocycles. The fraction of sp³-hybridized carbons (Fsp3) is 0.435. The first-order valence-electron chi connectivity index (χ1n) is 10.8. The number of hydrogen-bond acceptors (Lipinski definition) is 7. The fourth-order valence-electron chi connectivity index (χ4n) is 4.34. The van der Waals surface area contributed by atoms with E-state index >= 15 is 0 Å². The molecule has 3 aromatic rings. The van der Waals surface area contributed by atoms with Gasteiger partial charge in [0.2, 0.25) is 0 Å². The van der Waals surface area contributed by atoms with Crippen LogP contribution in [-0.2, 0) is 4.74 Å². The smallest absolute Gasteiger partial charge is 0.167 e. The molecule has 2 aromatic heterocycles. The number of halogens is 1. The van der Waals surface area contributed by atoms with Gasteiger partial charge in [-0.15, -0.1) is 0 Å². The molecule has 8 nitrogen and oxygen atoms in total. The lowest BCUT2D eigenvalue weighted by atomic mass is 10.1. The summed E-state index contributed by atoms with van der Waals surface area (Å²) >= 11 is 0. The number of imidazole rings is 1. The SMILES string of the molecule is OC1[C@@H](O)[C@@H](CC#Cc2ccccc2F)O[C@H]1n1cnc2c(NC3CCCC3)ncnc21. The van der Waals surface area contributed by atoms with Gasteiger partial charge in [0.1, 0.15) is 24.4 Å². The van der Waals surface area contributed by atoms with E-state index < -0.39 is 30.4 Å². The predicted molar refractivity (Wildman–Crippen MR) is 115 cm³/mol.